The first-order valence-electron chi connectivity index (χ1n) is 11.6. The summed E-state index contributed by atoms with van der Waals surface area (Å²) in [6.07, 6.45) is -0.0176. The predicted octanol–water partition coefficient (Wildman–Crippen LogP) is 4.03. The number of carbonyl (C=O) groups is 3. The zero-order valence-corrected chi connectivity index (χ0v) is 21.9. The van der Waals surface area contributed by atoms with Crippen LogP contribution < -0.4 is 10.6 Å². The molecule has 1 fully saturated rings. The van der Waals surface area contributed by atoms with Gasteiger partial charge in [-0.1, -0.05) is 53.6 Å². The van der Waals surface area contributed by atoms with Gasteiger partial charge in [-0.05, 0) is 56.2 Å². The third-order valence-electron chi connectivity index (χ3n) is 6.95. The number of halogens is 2. The molecule has 36 heavy (non-hydrogen) atoms. The summed E-state index contributed by atoms with van der Waals surface area (Å²) in [5.41, 5.74) is 0.406. The summed E-state index contributed by atoms with van der Waals surface area (Å²) < 4.78 is 0. The van der Waals surface area contributed by atoms with Gasteiger partial charge in [-0.2, -0.15) is 0 Å². The Labute approximate surface area is 220 Å². The van der Waals surface area contributed by atoms with Crippen molar-refractivity contribution >= 4 is 46.6 Å². The third-order valence-corrected chi connectivity index (χ3v) is 7.42. The van der Waals surface area contributed by atoms with Crippen molar-refractivity contribution in [3.05, 3.63) is 75.8 Å². The number of hydrogen-bond donors (Lipinski definition) is 3. The second-order valence-corrected chi connectivity index (χ2v) is 11.1. The van der Waals surface area contributed by atoms with E-state index in [1.54, 1.807) is 57.2 Å². The molecule has 2 aliphatic heterocycles. The van der Waals surface area contributed by atoms with Crippen molar-refractivity contribution in [2.24, 2.45) is 0 Å². The minimum Gasteiger partial charge on any atom is -0.394 e. The van der Waals surface area contributed by atoms with Crippen LogP contribution in [0.4, 0.5) is 5.69 Å². The molecule has 0 radical (unpaired) electrons. The molecule has 0 saturated carbocycles. The molecule has 0 aromatic heterocycles. The van der Waals surface area contributed by atoms with E-state index < -0.39 is 28.8 Å². The number of benzene rings is 2. The number of fused-ring (bicyclic) bond motifs is 2. The van der Waals surface area contributed by atoms with E-state index in [0.717, 1.165) is 5.56 Å². The van der Waals surface area contributed by atoms with Crippen LogP contribution in [-0.2, 0) is 19.8 Å². The highest BCUT2D eigenvalue weighted by Crippen LogP contribution is 2.56. The minimum absolute atomic E-state index is 0.0176. The second kappa shape index (κ2) is 9.54. The van der Waals surface area contributed by atoms with Gasteiger partial charge >= 0.3 is 0 Å². The van der Waals surface area contributed by atoms with E-state index >= 15 is 0 Å². The predicted molar refractivity (Wildman–Crippen MR) is 140 cm³/mol. The quantitative estimate of drug-likeness (QED) is 0.492. The number of aliphatic hydroxyl groups is 1. The maximum absolute atomic E-state index is 14.0. The largest absolute Gasteiger partial charge is 0.394 e. The summed E-state index contributed by atoms with van der Waals surface area (Å²) in [4.78, 5) is 42.1. The van der Waals surface area contributed by atoms with Gasteiger partial charge in [0.2, 0.25) is 17.7 Å². The van der Waals surface area contributed by atoms with Crippen LogP contribution >= 0.6 is 23.2 Å². The smallest absolute Gasteiger partial charge is 0.240 e. The molecule has 3 amide bonds. The standard InChI is InChI=1S/C27H29Cl2N3O4/c1-15(2)24-27(19-9-8-18(29)11-21(19)30-25(27)36)20(16-6-5-7-17(28)10-16)12-23(35)32(24)13-22(34)31-26(3,4)14-33/h5-11,20,24,33H,1,12-14H2,2-4H3,(H,30,36)(H,31,34)/t20-,24+,27-/m1/s1. The summed E-state index contributed by atoms with van der Waals surface area (Å²) >= 11 is 12.6. The Morgan fingerprint density at radius 3 is 2.56 bits per heavy atom. The average molecular weight is 530 g/mol. The van der Waals surface area contributed by atoms with E-state index in [1.807, 2.05) is 6.07 Å². The summed E-state index contributed by atoms with van der Waals surface area (Å²) in [7, 11) is 0. The van der Waals surface area contributed by atoms with Crippen LogP contribution in [0, 0.1) is 0 Å². The Hall–Kier alpha value is -2.87. The number of rotatable bonds is 6. The normalized spacial score (nSPS) is 23.4. The number of amides is 3. The highest BCUT2D eigenvalue weighted by molar-refractivity contribution is 6.31. The van der Waals surface area contributed by atoms with Crippen molar-refractivity contribution in [2.75, 3.05) is 18.5 Å². The van der Waals surface area contributed by atoms with Crippen LogP contribution in [0.5, 0.6) is 0 Å². The SMILES string of the molecule is C=C(C)[C@@H]1N(CC(=O)NC(C)(C)CO)C(=O)C[C@H](c2cccc(Cl)c2)[C@@]12C(=O)Nc1cc(Cl)ccc12. The number of nitrogens with zero attached hydrogens (tertiary/aromatic N) is 1. The number of anilines is 1. The Bertz CT molecular complexity index is 1260. The number of carbonyl (C=O) groups excluding carboxylic acids is 3. The molecular formula is C27H29Cl2N3O4. The first kappa shape index (κ1) is 26.2. The molecule has 9 heteroatoms. The van der Waals surface area contributed by atoms with Crippen molar-refractivity contribution in [1.29, 1.82) is 0 Å². The lowest BCUT2D eigenvalue weighted by Crippen LogP contribution is -2.65. The van der Waals surface area contributed by atoms with Crippen molar-refractivity contribution in [3.8, 4) is 0 Å². The van der Waals surface area contributed by atoms with Gasteiger partial charge in [-0.15, -0.1) is 0 Å². The molecule has 1 spiro atoms. The summed E-state index contributed by atoms with van der Waals surface area (Å²) in [5, 5.41) is 16.2. The molecule has 0 unspecified atom stereocenters. The second-order valence-electron chi connectivity index (χ2n) is 10.2. The van der Waals surface area contributed by atoms with Gasteiger partial charge in [0.15, 0.2) is 0 Å². The molecule has 7 nitrogen and oxygen atoms in total. The molecule has 3 N–H and O–H groups in total. The molecule has 2 aromatic carbocycles. The molecule has 190 valence electrons. The number of nitrogens with one attached hydrogen (secondary N) is 2. The lowest BCUT2D eigenvalue weighted by molar-refractivity contribution is -0.147. The molecule has 4 rings (SSSR count). The van der Waals surface area contributed by atoms with Crippen molar-refractivity contribution < 1.29 is 19.5 Å². The van der Waals surface area contributed by atoms with Crippen LogP contribution in [-0.4, -0.2) is 52.5 Å². The Morgan fingerprint density at radius 1 is 1.22 bits per heavy atom. The fourth-order valence-corrected chi connectivity index (χ4v) is 5.90. The highest BCUT2D eigenvalue weighted by Gasteiger charge is 2.63. The zero-order chi connectivity index (χ0) is 26.4. The van der Waals surface area contributed by atoms with E-state index in [2.05, 4.69) is 17.2 Å². The first-order chi connectivity index (χ1) is 16.9. The molecular weight excluding hydrogens is 501 g/mol. The van der Waals surface area contributed by atoms with Crippen LogP contribution in [0.15, 0.2) is 54.6 Å². The molecule has 0 bridgehead atoms. The molecule has 1 saturated heterocycles. The van der Waals surface area contributed by atoms with Gasteiger partial charge in [0.25, 0.3) is 0 Å². The molecule has 3 atom stereocenters. The maximum atomic E-state index is 14.0. The Balaban J connectivity index is 1.90. The fraction of sp³-hybridized carbons (Fsp3) is 0.370. The molecule has 2 heterocycles. The van der Waals surface area contributed by atoms with Gasteiger partial charge in [-0.25, -0.2) is 0 Å². The minimum atomic E-state index is -1.27. The van der Waals surface area contributed by atoms with Crippen LogP contribution in [0.3, 0.4) is 0 Å². The fourth-order valence-electron chi connectivity index (χ4n) is 5.53. The van der Waals surface area contributed by atoms with E-state index in [0.29, 0.717) is 26.9 Å². The monoisotopic (exact) mass is 529 g/mol. The van der Waals surface area contributed by atoms with E-state index in [9.17, 15) is 19.5 Å². The van der Waals surface area contributed by atoms with Crippen LogP contribution in [0.25, 0.3) is 0 Å². The van der Waals surface area contributed by atoms with Crippen molar-refractivity contribution in [2.45, 2.75) is 50.1 Å². The van der Waals surface area contributed by atoms with Gasteiger partial charge in [0, 0.05) is 28.1 Å². The number of aliphatic hydroxyl groups excluding tert-OH is 1. The summed E-state index contributed by atoms with van der Waals surface area (Å²) in [5.74, 6) is -1.60. The van der Waals surface area contributed by atoms with E-state index in [1.165, 1.54) is 4.90 Å². The molecule has 0 aliphatic carbocycles. The Kier molecular flexibility index (Phi) is 6.94. The average Bonchev–Trinajstić information content (AvgIpc) is 3.06. The molecule has 2 aromatic rings. The van der Waals surface area contributed by atoms with Gasteiger partial charge in [-0.3, -0.25) is 14.4 Å². The highest BCUT2D eigenvalue weighted by atomic mass is 35.5. The third kappa shape index (κ3) is 4.40. The van der Waals surface area contributed by atoms with E-state index in [4.69, 9.17) is 23.2 Å². The first-order valence-corrected chi connectivity index (χ1v) is 12.4. The van der Waals surface area contributed by atoms with Crippen molar-refractivity contribution in [3.63, 3.8) is 0 Å². The number of likely N-dealkylation sites (tertiary alicyclic amines) is 1. The van der Waals surface area contributed by atoms with Crippen LogP contribution in [0.1, 0.15) is 44.2 Å². The summed E-state index contributed by atoms with van der Waals surface area (Å²) in [6.45, 7) is 8.71. The summed E-state index contributed by atoms with van der Waals surface area (Å²) in [6, 6.07) is 11.5. The lowest BCUT2D eigenvalue weighted by atomic mass is 9.58. The van der Waals surface area contributed by atoms with Gasteiger partial charge < -0.3 is 20.6 Å². The zero-order valence-electron chi connectivity index (χ0n) is 20.4. The van der Waals surface area contributed by atoms with E-state index in [-0.39, 0.29) is 31.4 Å². The number of hydrogen-bond acceptors (Lipinski definition) is 4. The van der Waals surface area contributed by atoms with Gasteiger partial charge in [0.05, 0.1) is 18.2 Å². The Morgan fingerprint density at radius 2 is 1.92 bits per heavy atom. The topological polar surface area (TPSA) is 98.7 Å². The lowest BCUT2D eigenvalue weighted by Gasteiger charge is -2.51. The maximum Gasteiger partial charge on any atom is 0.240 e. The van der Waals surface area contributed by atoms with Crippen LogP contribution in [0.2, 0.25) is 10.0 Å². The van der Waals surface area contributed by atoms with Crippen molar-refractivity contribution in [1.82, 2.24) is 10.2 Å². The van der Waals surface area contributed by atoms with Gasteiger partial charge in [0.1, 0.15) is 12.0 Å². The molecule has 2 aliphatic rings. The number of piperidine rings is 1.